The van der Waals surface area contributed by atoms with Crippen LogP contribution in [-0.4, -0.2) is 62.2 Å². The van der Waals surface area contributed by atoms with E-state index >= 15 is 0 Å². The number of aryl methyl sites for hydroxylation is 1. The minimum Gasteiger partial charge on any atom is -0.322 e. The highest BCUT2D eigenvalue weighted by atomic mass is 32.2. The van der Waals surface area contributed by atoms with Gasteiger partial charge in [0.2, 0.25) is 10.0 Å². The molecule has 1 N–H and O–H groups in total. The zero-order valence-electron chi connectivity index (χ0n) is 17.3. The van der Waals surface area contributed by atoms with Gasteiger partial charge in [-0.25, -0.2) is 17.1 Å². The summed E-state index contributed by atoms with van der Waals surface area (Å²) >= 11 is 1.96. The van der Waals surface area contributed by atoms with E-state index in [1.54, 1.807) is 0 Å². The van der Waals surface area contributed by atoms with Gasteiger partial charge in [-0.3, -0.25) is 9.69 Å². The van der Waals surface area contributed by atoms with Crippen LogP contribution in [0.4, 0.5) is 10.1 Å². The topological polar surface area (TPSA) is 69.7 Å². The lowest BCUT2D eigenvalue weighted by molar-refractivity contribution is 0.102. The second-order valence-electron chi connectivity index (χ2n) is 7.42. The fourth-order valence-corrected chi connectivity index (χ4v) is 5.12. The number of benzene rings is 2. The number of sulfonamides is 1. The fraction of sp³-hybridized carbons (Fsp3) is 0.381. The second-order valence-corrected chi connectivity index (χ2v) is 10.8. The highest BCUT2D eigenvalue weighted by Gasteiger charge is 2.23. The van der Waals surface area contributed by atoms with E-state index in [2.05, 4.69) is 10.2 Å². The molecular formula is C21H26FN3O3S2. The van der Waals surface area contributed by atoms with Crippen molar-refractivity contribution < 1.29 is 17.6 Å². The zero-order chi connectivity index (χ0) is 21.9. The molecule has 0 radical (unpaired) electrons. The number of carbonyl (C=O) groups excluding carboxylic acids is 1. The van der Waals surface area contributed by atoms with Crippen molar-refractivity contribution in [1.29, 1.82) is 0 Å². The first-order chi connectivity index (χ1) is 14.2. The van der Waals surface area contributed by atoms with Crippen molar-refractivity contribution in [3.05, 3.63) is 58.9 Å². The van der Waals surface area contributed by atoms with Crippen LogP contribution in [0.2, 0.25) is 0 Å². The van der Waals surface area contributed by atoms with Crippen LogP contribution >= 0.6 is 11.8 Å². The van der Waals surface area contributed by atoms with Crippen LogP contribution in [0.5, 0.6) is 0 Å². The maximum atomic E-state index is 14.1. The predicted octanol–water partition coefficient (Wildman–Crippen LogP) is 3.19. The molecule has 162 valence electrons. The number of hydrogen-bond acceptors (Lipinski definition) is 5. The summed E-state index contributed by atoms with van der Waals surface area (Å²) < 4.78 is 39.7. The summed E-state index contributed by atoms with van der Waals surface area (Å²) in [6, 6.07) is 9.30. The Morgan fingerprint density at radius 1 is 1.17 bits per heavy atom. The molecule has 1 fully saturated rings. The first kappa shape index (κ1) is 22.7. The number of halogens is 1. The lowest BCUT2D eigenvalue weighted by Crippen LogP contribution is -2.32. The average Bonchev–Trinajstić information content (AvgIpc) is 2.71. The van der Waals surface area contributed by atoms with Crippen LogP contribution in [0.15, 0.2) is 41.3 Å². The Bertz CT molecular complexity index is 1040. The third-order valence-electron chi connectivity index (χ3n) is 5.01. The lowest BCUT2D eigenvalue weighted by atomic mass is 10.1. The van der Waals surface area contributed by atoms with Gasteiger partial charge in [0.15, 0.2) is 0 Å². The zero-order valence-corrected chi connectivity index (χ0v) is 18.9. The summed E-state index contributed by atoms with van der Waals surface area (Å²) in [5.74, 6) is 0.870. The molecule has 3 rings (SSSR count). The number of hydrogen-bond donors (Lipinski definition) is 1. The van der Waals surface area contributed by atoms with Crippen molar-refractivity contribution in [1.82, 2.24) is 9.21 Å². The molecule has 2 aromatic rings. The Hall–Kier alpha value is -1.94. The van der Waals surface area contributed by atoms with Gasteiger partial charge < -0.3 is 5.32 Å². The molecule has 0 spiro atoms. The van der Waals surface area contributed by atoms with Crippen LogP contribution in [0.3, 0.4) is 0 Å². The molecule has 0 aromatic heterocycles. The van der Waals surface area contributed by atoms with E-state index in [0.717, 1.165) is 58.7 Å². The Balaban J connectivity index is 1.81. The van der Waals surface area contributed by atoms with Gasteiger partial charge in [-0.05, 0) is 42.3 Å². The molecule has 1 aliphatic rings. The van der Waals surface area contributed by atoms with Crippen LogP contribution in [0, 0.1) is 12.7 Å². The normalized spacial score (nSPS) is 15.4. The van der Waals surface area contributed by atoms with Crippen molar-refractivity contribution in [2.75, 3.05) is 44.0 Å². The molecule has 1 heterocycles. The largest absolute Gasteiger partial charge is 0.322 e. The number of nitrogens with one attached hydrogen (secondary N) is 1. The van der Waals surface area contributed by atoms with Gasteiger partial charge in [-0.2, -0.15) is 11.8 Å². The summed E-state index contributed by atoms with van der Waals surface area (Å²) in [6.45, 7) is 4.78. The molecule has 0 aliphatic carbocycles. The fourth-order valence-electron chi connectivity index (χ4n) is 3.15. The molecule has 30 heavy (non-hydrogen) atoms. The third kappa shape index (κ3) is 5.21. The molecule has 9 heteroatoms. The van der Waals surface area contributed by atoms with Crippen LogP contribution in [-0.2, 0) is 16.6 Å². The first-order valence-corrected chi connectivity index (χ1v) is 12.2. The quantitative estimate of drug-likeness (QED) is 0.731. The first-order valence-electron chi connectivity index (χ1n) is 9.61. The number of amides is 1. The lowest BCUT2D eigenvalue weighted by Gasteiger charge is -2.26. The van der Waals surface area contributed by atoms with Crippen molar-refractivity contribution >= 4 is 33.4 Å². The Morgan fingerprint density at radius 3 is 2.53 bits per heavy atom. The minimum absolute atomic E-state index is 0.0784. The number of thioether (sulfide) groups is 1. The Morgan fingerprint density at radius 2 is 1.87 bits per heavy atom. The summed E-state index contributed by atoms with van der Waals surface area (Å²) in [5, 5.41) is 2.84. The van der Waals surface area contributed by atoms with E-state index < -0.39 is 26.6 Å². The smallest absolute Gasteiger partial charge is 0.255 e. The highest BCUT2D eigenvalue weighted by Crippen LogP contribution is 2.23. The summed E-state index contributed by atoms with van der Waals surface area (Å²) in [6.07, 6.45) is 0. The maximum Gasteiger partial charge on any atom is 0.255 e. The van der Waals surface area contributed by atoms with Gasteiger partial charge in [0.25, 0.3) is 5.91 Å². The van der Waals surface area contributed by atoms with E-state index in [0.29, 0.717) is 5.69 Å². The van der Waals surface area contributed by atoms with Gasteiger partial charge in [0.05, 0.1) is 0 Å². The van der Waals surface area contributed by atoms with Gasteiger partial charge in [0, 0.05) is 56.5 Å². The number of nitrogens with zero attached hydrogens (tertiary/aromatic N) is 2. The van der Waals surface area contributed by atoms with Crippen LogP contribution in [0.1, 0.15) is 21.5 Å². The van der Waals surface area contributed by atoms with E-state index in [-0.39, 0.29) is 5.56 Å². The van der Waals surface area contributed by atoms with E-state index in [1.165, 1.54) is 20.2 Å². The monoisotopic (exact) mass is 451 g/mol. The van der Waals surface area contributed by atoms with E-state index in [9.17, 15) is 17.6 Å². The van der Waals surface area contributed by atoms with Crippen LogP contribution < -0.4 is 5.32 Å². The van der Waals surface area contributed by atoms with Gasteiger partial charge >= 0.3 is 0 Å². The third-order valence-corrected chi connectivity index (χ3v) is 7.78. The number of rotatable bonds is 6. The molecule has 2 aromatic carbocycles. The number of anilines is 1. The summed E-state index contributed by atoms with van der Waals surface area (Å²) in [7, 11) is -1.36. The average molecular weight is 452 g/mol. The second kappa shape index (κ2) is 9.47. The van der Waals surface area contributed by atoms with Crippen molar-refractivity contribution in [3.8, 4) is 0 Å². The number of carbonyl (C=O) groups is 1. The van der Waals surface area contributed by atoms with Gasteiger partial charge in [-0.15, -0.1) is 0 Å². The Labute approximate surface area is 181 Å². The molecule has 0 atom stereocenters. The standard InChI is InChI=1S/C21H26FN3O3S2/c1-15-4-5-16(14-25-8-10-29-11-9-25)12-19(15)23-21(26)17-6-7-18(22)20(13-17)30(27,28)24(2)3/h4-7,12-13H,8-11,14H2,1-3H3,(H,23,26). The summed E-state index contributed by atoms with van der Waals surface area (Å²) in [4.78, 5) is 14.6. The SMILES string of the molecule is Cc1ccc(CN2CCSCC2)cc1NC(=O)c1ccc(F)c(S(=O)(=O)N(C)C)c1. The molecule has 1 aliphatic heterocycles. The molecule has 6 nitrogen and oxygen atoms in total. The summed E-state index contributed by atoms with van der Waals surface area (Å²) in [5.41, 5.74) is 2.72. The highest BCUT2D eigenvalue weighted by molar-refractivity contribution is 7.99. The van der Waals surface area contributed by atoms with Crippen molar-refractivity contribution in [3.63, 3.8) is 0 Å². The predicted molar refractivity (Wildman–Crippen MR) is 119 cm³/mol. The molecule has 0 saturated carbocycles. The molecular weight excluding hydrogens is 425 g/mol. The van der Waals surface area contributed by atoms with Crippen molar-refractivity contribution in [2.24, 2.45) is 0 Å². The van der Waals surface area contributed by atoms with E-state index in [4.69, 9.17) is 0 Å². The molecule has 1 saturated heterocycles. The van der Waals surface area contributed by atoms with Gasteiger partial charge in [-0.1, -0.05) is 12.1 Å². The van der Waals surface area contributed by atoms with Gasteiger partial charge in [0.1, 0.15) is 10.7 Å². The maximum absolute atomic E-state index is 14.1. The van der Waals surface area contributed by atoms with Crippen molar-refractivity contribution in [2.45, 2.75) is 18.4 Å². The van der Waals surface area contributed by atoms with Crippen LogP contribution in [0.25, 0.3) is 0 Å². The van der Waals surface area contributed by atoms with E-state index in [1.807, 2.05) is 36.9 Å². The molecule has 0 unspecified atom stereocenters. The Kier molecular flexibility index (Phi) is 7.18. The molecule has 0 bridgehead atoms. The molecule has 1 amide bonds. The minimum atomic E-state index is -4.00.